The van der Waals surface area contributed by atoms with Crippen molar-refractivity contribution in [1.29, 1.82) is 0 Å². The van der Waals surface area contributed by atoms with Crippen molar-refractivity contribution in [3.05, 3.63) is 0 Å². The largest absolute Gasteiger partial charge is 0.481 e. The molecule has 1 unspecified atom stereocenters. The Morgan fingerprint density at radius 3 is 2.29 bits per heavy atom. The van der Waals surface area contributed by atoms with Gasteiger partial charge >= 0.3 is 11.9 Å². The van der Waals surface area contributed by atoms with Gasteiger partial charge < -0.3 is 15.9 Å². The van der Waals surface area contributed by atoms with E-state index in [-0.39, 0.29) is 11.8 Å². The molecule has 17 heavy (non-hydrogen) atoms. The van der Waals surface area contributed by atoms with Gasteiger partial charge in [-0.1, -0.05) is 19.3 Å². The summed E-state index contributed by atoms with van der Waals surface area (Å²) in [6, 6.07) is -0.821. The van der Waals surface area contributed by atoms with Crippen LogP contribution in [0.3, 0.4) is 0 Å². The van der Waals surface area contributed by atoms with Gasteiger partial charge in [-0.2, -0.15) is 0 Å². The minimum absolute atomic E-state index is 0.107. The summed E-state index contributed by atoms with van der Waals surface area (Å²) < 4.78 is 0. The molecular weight excluding hydrogens is 222 g/mol. The van der Waals surface area contributed by atoms with Gasteiger partial charge in [0.25, 0.3) is 0 Å². The van der Waals surface area contributed by atoms with Crippen LogP contribution in [-0.4, -0.2) is 28.2 Å². The summed E-state index contributed by atoms with van der Waals surface area (Å²) in [5.74, 6) is -1.74. The highest BCUT2D eigenvalue weighted by Gasteiger charge is 2.35. The van der Waals surface area contributed by atoms with Crippen LogP contribution < -0.4 is 5.73 Å². The van der Waals surface area contributed by atoms with Crippen LogP contribution in [0.4, 0.5) is 0 Å². The fraction of sp³-hybridized carbons (Fsp3) is 0.833. The summed E-state index contributed by atoms with van der Waals surface area (Å²) in [5.41, 5.74) is 5.32. The number of carbonyl (C=O) groups is 2. The van der Waals surface area contributed by atoms with Crippen molar-refractivity contribution in [2.45, 2.75) is 57.4 Å². The fourth-order valence-electron chi connectivity index (χ4n) is 2.78. The Morgan fingerprint density at radius 1 is 1.24 bits per heavy atom. The van der Waals surface area contributed by atoms with Gasteiger partial charge in [0.15, 0.2) is 0 Å². The third kappa shape index (κ3) is 4.34. The number of rotatable bonds is 7. The molecule has 1 aliphatic rings. The first-order valence-electron chi connectivity index (χ1n) is 6.15. The number of nitrogens with two attached hydrogens (primary N) is 1. The molecule has 1 fully saturated rings. The molecule has 98 valence electrons. The Kier molecular flexibility index (Phi) is 4.93. The molecule has 0 amide bonds. The first-order valence-corrected chi connectivity index (χ1v) is 6.15. The summed E-state index contributed by atoms with van der Waals surface area (Å²) in [4.78, 5) is 21.4. The maximum Gasteiger partial charge on any atom is 0.320 e. The lowest BCUT2D eigenvalue weighted by atomic mass is 9.78. The Morgan fingerprint density at radius 2 is 1.82 bits per heavy atom. The summed E-state index contributed by atoms with van der Waals surface area (Å²) in [6.07, 6.45) is 6.16. The van der Waals surface area contributed by atoms with Crippen molar-refractivity contribution in [2.24, 2.45) is 11.1 Å². The van der Waals surface area contributed by atoms with E-state index in [0.29, 0.717) is 12.8 Å². The number of hydrogen-bond acceptors (Lipinski definition) is 3. The molecule has 1 saturated carbocycles. The molecule has 0 aliphatic heterocycles. The van der Waals surface area contributed by atoms with Gasteiger partial charge in [-0.25, -0.2) is 0 Å². The second-order valence-corrected chi connectivity index (χ2v) is 5.11. The van der Waals surface area contributed by atoms with Gasteiger partial charge in [0.05, 0.1) is 6.42 Å². The van der Waals surface area contributed by atoms with Crippen LogP contribution in [0.25, 0.3) is 0 Å². The summed E-state index contributed by atoms with van der Waals surface area (Å²) >= 11 is 0. The predicted octanol–water partition coefficient (Wildman–Crippen LogP) is 1.60. The Labute approximate surface area is 101 Å². The van der Waals surface area contributed by atoms with E-state index in [4.69, 9.17) is 15.9 Å². The van der Waals surface area contributed by atoms with Crippen LogP contribution in [0.5, 0.6) is 0 Å². The second-order valence-electron chi connectivity index (χ2n) is 5.11. The molecule has 5 heteroatoms. The maximum atomic E-state index is 10.8. The van der Waals surface area contributed by atoms with Gasteiger partial charge in [0.2, 0.25) is 0 Å². The van der Waals surface area contributed by atoms with Crippen LogP contribution in [0.2, 0.25) is 0 Å². The highest BCUT2D eigenvalue weighted by molar-refractivity contribution is 5.72. The SMILES string of the molecule is NC(CCCC1(CC(=O)O)CCCC1)C(=O)O. The van der Waals surface area contributed by atoms with E-state index in [2.05, 4.69) is 0 Å². The summed E-state index contributed by atoms with van der Waals surface area (Å²) in [5, 5.41) is 17.6. The van der Waals surface area contributed by atoms with E-state index < -0.39 is 18.0 Å². The van der Waals surface area contributed by atoms with Gasteiger partial charge in [0, 0.05) is 0 Å². The molecule has 0 radical (unpaired) electrons. The molecular formula is C12H21NO4. The van der Waals surface area contributed by atoms with Crippen molar-refractivity contribution in [3.8, 4) is 0 Å². The van der Waals surface area contributed by atoms with E-state index in [1.54, 1.807) is 0 Å². The zero-order chi connectivity index (χ0) is 12.9. The van der Waals surface area contributed by atoms with E-state index in [9.17, 15) is 9.59 Å². The van der Waals surface area contributed by atoms with E-state index >= 15 is 0 Å². The summed E-state index contributed by atoms with van der Waals surface area (Å²) in [6.45, 7) is 0. The van der Waals surface area contributed by atoms with Gasteiger partial charge in [-0.15, -0.1) is 0 Å². The lowest BCUT2D eigenvalue weighted by Gasteiger charge is -2.27. The summed E-state index contributed by atoms with van der Waals surface area (Å²) in [7, 11) is 0. The number of hydrogen-bond donors (Lipinski definition) is 3. The fourth-order valence-corrected chi connectivity index (χ4v) is 2.78. The van der Waals surface area contributed by atoms with Crippen LogP contribution >= 0.6 is 0 Å². The highest BCUT2D eigenvalue weighted by atomic mass is 16.4. The van der Waals surface area contributed by atoms with Crippen molar-refractivity contribution in [3.63, 3.8) is 0 Å². The molecule has 0 spiro atoms. The first kappa shape index (κ1) is 14.0. The highest BCUT2D eigenvalue weighted by Crippen LogP contribution is 2.45. The van der Waals surface area contributed by atoms with E-state index in [1.807, 2.05) is 0 Å². The second kappa shape index (κ2) is 6.00. The lowest BCUT2D eigenvalue weighted by Crippen LogP contribution is -2.30. The molecule has 1 atom stereocenters. The average Bonchev–Trinajstić information content (AvgIpc) is 2.65. The zero-order valence-corrected chi connectivity index (χ0v) is 10.0. The normalized spacial score (nSPS) is 20.1. The Balaban J connectivity index is 2.40. The molecule has 4 N–H and O–H groups in total. The quantitative estimate of drug-likeness (QED) is 0.630. The van der Waals surface area contributed by atoms with Crippen molar-refractivity contribution in [2.75, 3.05) is 0 Å². The molecule has 0 saturated heterocycles. The van der Waals surface area contributed by atoms with Gasteiger partial charge in [0.1, 0.15) is 6.04 Å². The molecule has 0 aromatic heterocycles. The molecule has 1 aliphatic carbocycles. The molecule has 0 bridgehead atoms. The Bertz CT molecular complexity index is 284. The first-order chi connectivity index (χ1) is 7.95. The van der Waals surface area contributed by atoms with Crippen LogP contribution in [0.1, 0.15) is 51.4 Å². The number of carboxylic acids is 2. The monoisotopic (exact) mass is 243 g/mol. The van der Waals surface area contributed by atoms with Gasteiger partial charge in [-0.3, -0.25) is 9.59 Å². The minimum Gasteiger partial charge on any atom is -0.481 e. The van der Waals surface area contributed by atoms with Crippen LogP contribution in [0.15, 0.2) is 0 Å². The Hall–Kier alpha value is -1.10. The molecule has 5 nitrogen and oxygen atoms in total. The van der Waals surface area contributed by atoms with E-state index in [0.717, 1.165) is 32.1 Å². The smallest absolute Gasteiger partial charge is 0.320 e. The maximum absolute atomic E-state index is 10.8. The van der Waals surface area contributed by atoms with Crippen LogP contribution in [-0.2, 0) is 9.59 Å². The molecule has 1 rings (SSSR count). The number of aliphatic carboxylic acids is 2. The van der Waals surface area contributed by atoms with Crippen molar-refractivity contribution >= 4 is 11.9 Å². The van der Waals surface area contributed by atoms with Crippen molar-refractivity contribution in [1.82, 2.24) is 0 Å². The minimum atomic E-state index is -0.983. The third-order valence-electron chi connectivity index (χ3n) is 3.73. The molecule has 0 aromatic rings. The van der Waals surface area contributed by atoms with E-state index in [1.165, 1.54) is 0 Å². The molecule has 0 heterocycles. The zero-order valence-electron chi connectivity index (χ0n) is 10.0. The topological polar surface area (TPSA) is 101 Å². The van der Waals surface area contributed by atoms with Gasteiger partial charge in [-0.05, 0) is 31.1 Å². The average molecular weight is 243 g/mol. The number of carboxylic acid groups (broad SMARTS) is 2. The lowest BCUT2D eigenvalue weighted by molar-refractivity contribution is -0.141. The van der Waals surface area contributed by atoms with Crippen LogP contribution in [0, 0.1) is 5.41 Å². The standard InChI is InChI=1S/C12H21NO4/c13-9(11(16)17)4-3-7-12(8-10(14)15)5-1-2-6-12/h9H,1-8,13H2,(H,14,15)(H,16,17). The third-order valence-corrected chi connectivity index (χ3v) is 3.73. The predicted molar refractivity (Wildman–Crippen MR) is 62.6 cm³/mol. The van der Waals surface area contributed by atoms with Crippen molar-refractivity contribution < 1.29 is 19.8 Å². The molecule has 0 aromatic carbocycles.